The summed E-state index contributed by atoms with van der Waals surface area (Å²) >= 11 is 0. The second-order valence-electron chi connectivity index (χ2n) is 5.77. The maximum absolute atomic E-state index is 14.1. The van der Waals surface area contributed by atoms with E-state index in [0.717, 1.165) is 30.9 Å². The van der Waals surface area contributed by atoms with Crippen LogP contribution in [0.2, 0.25) is 0 Å². The number of nitrogens with one attached hydrogen (secondary N) is 1. The molecule has 0 bridgehead atoms. The Hall–Kier alpha value is -1.13. The molecule has 0 spiro atoms. The standard InChI is InChI=1S/C16H25FN2O/c1-12-10-19(11-13(12)2)16-6-4-5-15(17)14(16)9-18-7-8-20-3/h4-6,12-13,18H,7-11H2,1-3H3. The van der Waals surface area contributed by atoms with E-state index in [0.29, 0.717) is 25.0 Å². The van der Waals surface area contributed by atoms with Crippen LogP contribution >= 0.6 is 0 Å². The summed E-state index contributed by atoms with van der Waals surface area (Å²) in [5.74, 6) is 1.19. The molecule has 20 heavy (non-hydrogen) atoms. The van der Waals surface area contributed by atoms with E-state index in [-0.39, 0.29) is 5.82 Å². The molecule has 1 N–H and O–H groups in total. The molecular formula is C16H25FN2O. The van der Waals surface area contributed by atoms with Gasteiger partial charge in [-0.1, -0.05) is 19.9 Å². The van der Waals surface area contributed by atoms with Crippen LogP contribution in [-0.2, 0) is 11.3 Å². The maximum atomic E-state index is 14.1. The Kier molecular flexibility index (Phi) is 5.38. The monoisotopic (exact) mass is 280 g/mol. The van der Waals surface area contributed by atoms with Gasteiger partial charge in [0.1, 0.15) is 5.82 Å². The minimum Gasteiger partial charge on any atom is -0.383 e. The smallest absolute Gasteiger partial charge is 0.129 e. The first-order chi connectivity index (χ1) is 9.63. The molecule has 0 amide bonds. The summed E-state index contributed by atoms with van der Waals surface area (Å²) < 4.78 is 19.1. The summed E-state index contributed by atoms with van der Waals surface area (Å²) in [5, 5.41) is 3.24. The number of halogens is 1. The third kappa shape index (κ3) is 3.49. The van der Waals surface area contributed by atoms with Crippen LogP contribution in [0.3, 0.4) is 0 Å². The van der Waals surface area contributed by atoms with Gasteiger partial charge in [-0.15, -0.1) is 0 Å². The van der Waals surface area contributed by atoms with E-state index in [1.54, 1.807) is 19.2 Å². The Morgan fingerprint density at radius 1 is 1.30 bits per heavy atom. The molecule has 0 aliphatic carbocycles. The first-order valence-corrected chi connectivity index (χ1v) is 7.35. The van der Waals surface area contributed by atoms with Crippen LogP contribution in [0.4, 0.5) is 10.1 Å². The average molecular weight is 280 g/mol. The molecule has 1 saturated heterocycles. The molecule has 112 valence electrons. The number of rotatable bonds is 6. The number of anilines is 1. The molecule has 0 radical (unpaired) electrons. The molecule has 1 fully saturated rings. The Morgan fingerprint density at radius 2 is 2.00 bits per heavy atom. The second kappa shape index (κ2) is 7.04. The van der Waals surface area contributed by atoms with Crippen molar-refractivity contribution in [2.45, 2.75) is 20.4 Å². The lowest BCUT2D eigenvalue weighted by Crippen LogP contribution is -2.25. The number of ether oxygens (including phenoxy) is 1. The lowest BCUT2D eigenvalue weighted by Gasteiger charge is -2.22. The molecule has 1 aliphatic heterocycles. The van der Waals surface area contributed by atoms with E-state index >= 15 is 0 Å². The molecule has 0 aromatic heterocycles. The molecule has 4 heteroatoms. The molecule has 2 rings (SSSR count). The summed E-state index contributed by atoms with van der Waals surface area (Å²) in [6, 6.07) is 5.37. The van der Waals surface area contributed by atoms with E-state index in [9.17, 15) is 4.39 Å². The topological polar surface area (TPSA) is 24.5 Å². The van der Waals surface area contributed by atoms with Crippen LogP contribution < -0.4 is 10.2 Å². The van der Waals surface area contributed by atoms with Gasteiger partial charge in [0.2, 0.25) is 0 Å². The second-order valence-corrected chi connectivity index (χ2v) is 5.77. The molecular weight excluding hydrogens is 255 g/mol. The molecule has 0 saturated carbocycles. The number of hydrogen-bond donors (Lipinski definition) is 1. The predicted molar refractivity (Wildman–Crippen MR) is 80.5 cm³/mol. The molecule has 1 heterocycles. The number of methoxy groups -OCH3 is 1. The highest BCUT2D eigenvalue weighted by Crippen LogP contribution is 2.31. The summed E-state index contributed by atoms with van der Waals surface area (Å²) in [6.07, 6.45) is 0. The van der Waals surface area contributed by atoms with Gasteiger partial charge in [0, 0.05) is 44.5 Å². The fourth-order valence-corrected chi connectivity index (χ4v) is 2.73. The van der Waals surface area contributed by atoms with Crippen molar-refractivity contribution in [2.24, 2.45) is 11.8 Å². The Bertz CT molecular complexity index is 428. The minimum absolute atomic E-state index is 0.125. The molecule has 1 aromatic carbocycles. The normalized spacial score (nSPS) is 22.5. The lowest BCUT2D eigenvalue weighted by molar-refractivity contribution is 0.199. The van der Waals surface area contributed by atoms with Crippen molar-refractivity contribution in [2.75, 3.05) is 38.3 Å². The van der Waals surface area contributed by atoms with Crippen molar-refractivity contribution in [3.63, 3.8) is 0 Å². The zero-order valence-corrected chi connectivity index (χ0v) is 12.7. The summed E-state index contributed by atoms with van der Waals surface area (Å²) in [5.41, 5.74) is 1.80. The van der Waals surface area contributed by atoms with Crippen LogP contribution in [0, 0.1) is 17.7 Å². The highest BCUT2D eigenvalue weighted by atomic mass is 19.1. The zero-order valence-electron chi connectivity index (χ0n) is 12.7. The van der Waals surface area contributed by atoms with Crippen LogP contribution in [0.5, 0.6) is 0 Å². The molecule has 3 nitrogen and oxygen atoms in total. The summed E-state index contributed by atoms with van der Waals surface area (Å²) in [4.78, 5) is 2.31. The first-order valence-electron chi connectivity index (χ1n) is 7.35. The van der Waals surface area contributed by atoms with Gasteiger partial charge in [-0.3, -0.25) is 0 Å². The summed E-state index contributed by atoms with van der Waals surface area (Å²) in [7, 11) is 1.67. The van der Waals surface area contributed by atoms with Gasteiger partial charge in [-0.2, -0.15) is 0 Å². The van der Waals surface area contributed by atoms with E-state index in [1.165, 1.54) is 0 Å². The molecule has 1 aromatic rings. The third-order valence-electron chi connectivity index (χ3n) is 4.21. The van der Waals surface area contributed by atoms with Gasteiger partial charge in [-0.25, -0.2) is 4.39 Å². The van der Waals surface area contributed by atoms with E-state index in [1.807, 2.05) is 6.07 Å². The van der Waals surface area contributed by atoms with Gasteiger partial charge in [-0.05, 0) is 24.0 Å². The first kappa shape index (κ1) is 15.3. The Balaban J connectivity index is 2.10. The zero-order chi connectivity index (χ0) is 14.5. The predicted octanol–water partition coefficient (Wildman–Crippen LogP) is 2.65. The van der Waals surface area contributed by atoms with Crippen molar-refractivity contribution >= 4 is 5.69 Å². The van der Waals surface area contributed by atoms with E-state index in [4.69, 9.17) is 4.74 Å². The maximum Gasteiger partial charge on any atom is 0.129 e. The molecule has 2 unspecified atom stereocenters. The number of hydrogen-bond acceptors (Lipinski definition) is 3. The van der Waals surface area contributed by atoms with E-state index < -0.39 is 0 Å². The fourth-order valence-electron chi connectivity index (χ4n) is 2.73. The van der Waals surface area contributed by atoms with Gasteiger partial charge in [0.15, 0.2) is 0 Å². The average Bonchev–Trinajstić information content (AvgIpc) is 2.76. The summed E-state index contributed by atoms with van der Waals surface area (Å²) in [6.45, 7) is 8.47. The molecule has 1 aliphatic rings. The van der Waals surface area contributed by atoms with Crippen LogP contribution in [0.1, 0.15) is 19.4 Å². The molecule has 2 atom stereocenters. The Morgan fingerprint density at radius 3 is 2.65 bits per heavy atom. The van der Waals surface area contributed by atoms with Crippen LogP contribution in [0.15, 0.2) is 18.2 Å². The van der Waals surface area contributed by atoms with Crippen molar-refractivity contribution in [3.8, 4) is 0 Å². The van der Waals surface area contributed by atoms with Gasteiger partial charge in [0.05, 0.1) is 6.61 Å². The number of benzene rings is 1. The lowest BCUT2D eigenvalue weighted by atomic mass is 10.0. The number of nitrogens with zero attached hydrogens (tertiary/aromatic N) is 1. The van der Waals surface area contributed by atoms with Crippen LogP contribution in [0.25, 0.3) is 0 Å². The SMILES string of the molecule is COCCNCc1c(F)cccc1N1CC(C)C(C)C1. The Labute approximate surface area is 121 Å². The quantitative estimate of drug-likeness (QED) is 0.811. The van der Waals surface area contributed by atoms with Crippen LogP contribution in [-0.4, -0.2) is 33.4 Å². The third-order valence-corrected chi connectivity index (χ3v) is 4.21. The van der Waals surface area contributed by atoms with Gasteiger partial charge >= 0.3 is 0 Å². The van der Waals surface area contributed by atoms with Crippen molar-refractivity contribution < 1.29 is 9.13 Å². The minimum atomic E-state index is -0.125. The highest BCUT2D eigenvalue weighted by molar-refractivity contribution is 5.55. The van der Waals surface area contributed by atoms with Crippen molar-refractivity contribution in [1.29, 1.82) is 0 Å². The van der Waals surface area contributed by atoms with E-state index in [2.05, 4.69) is 24.1 Å². The fraction of sp³-hybridized carbons (Fsp3) is 0.625. The highest BCUT2D eigenvalue weighted by Gasteiger charge is 2.27. The largest absolute Gasteiger partial charge is 0.383 e. The van der Waals surface area contributed by atoms with Crippen molar-refractivity contribution in [3.05, 3.63) is 29.6 Å². The van der Waals surface area contributed by atoms with Gasteiger partial charge < -0.3 is 15.0 Å². The van der Waals surface area contributed by atoms with Gasteiger partial charge in [0.25, 0.3) is 0 Å². The van der Waals surface area contributed by atoms with Crippen molar-refractivity contribution in [1.82, 2.24) is 5.32 Å².